The number of nitrogens with zero attached hydrogens (tertiary/aromatic N) is 1. The molecule has 1 unspecified atom stereocenters. The van der Waals surface area contributed by atoms with Crippen molar-refractivity contribution in [3.05, 3.63) is 65.2 Å². The van der Waals surface area contributed by atoms with E-state index in [0.717, 1.165) is 17.5 Å². The van der Waals surface area contributed by atoms with Crippen LogP contribution in [0, 0.1) is 12.8 Å². The highest BCUT2D eigenvalue weighted by atomic mass is 32.2. The maximum atomic E-state index is 12.9. The quantitative estimate of drug-likeness (QED) is 0.614. The first-order chi connectivity index (χ1) is 15.7. The zero-order chi connectivity index (χ0) is 24.0. The van der Waals surface area contributed by atoms with E-state index < -0.39 is 10.0 Å². The Morgan fingerprint density at radius 1 is 1.09 bits per heavy atom. The van der Waals surface area contributed by atoms with Crippen molar-refractivity contribution in [2.75, 3.05) is 18.4 Å². The minimum Gasteiger partial charge on any atom is -0.350 e. The van der Waals surface area contributed by atoms with Crippen LogP contribution in [0.25, 0.3) is 0 Å². The highest BCUT2D eigenvalue weighted by molar-refractivity contribution is 7.88. The molecule has 2 aromatic carbocycles. The molecule has 1 fully saturated rings. The Morgan fingerprint density at radius 3 is 2.45 bits per heavy atom. The predicted octanol–water partition coefficient (Wildman–Crippen LogP) is 3.70. The summed E-state index contributed by atoms with van der Waals surface area (Å²) in [6, 6.07) is 14.5. The van der Waals surface area contributed by atoms with Crippen molar-refractivity contribution in [3.8, 4) is 0 Å². The number of hydrogen-bond donors (Lipinski definition) is 2. The van der Waals surface area contributed by atoms with Gasteiger partial charge in [0.15, 0.2) is 0 Å². The van der Waals surface area contributed by atoms with Gasteiger partial charge >= 0.3 is 0 Å². The summed E-state index contributed by atoms with van der Waals surface area (Å²) in [7, 11) is -3.44. The minimum absolute atomic E-state index is 0.0346. The molecule has 7 nitrogen and oxygen atoms in total. The van der Waals surface area contributed by atoms with E-state index in [9.17, 15) is 18.0 Å². The maximum Gasteiger partial charge on any atom is 0.253 e. The highest BCUT2D eigenvalue weighted by Crippen LogP contribution is 2.24. The highest BCUT2D eigenvalue weighted by Gasteiger charge is 2.31. The molecule has 0 bridgehead atoms. The monoisotopic (exact) mass is 471 g/mol. The van der Waals surface area contributed by atoms with Gasteiger partial charge in [0, 0.05) is 25.0 Å². The van der Waals surface area contributed by atoms with Crippen LogP contribution < -0.4 is 10.6 Å². The standard InChI is InChI=1S/C25H33N3O4S/c1-4-19(3)26-25(30)22-10-5-6-11-23(22)27-24(29)21-12-14-28(15-13-21)33(31,32)17-20-9-7-8-18(2)16-20/h5-11,16,19,21H,4,12-15,17H2,1-3H3,(H,26,30)(H,27,29). The summed E-state index contributed by atoms with van der Waals surface area (Å²) in [5, 5.41) is 5.81. The third kappa shape index (κ3) is 6.65. The number of nitrogens with one attached hydrogen (secondary N) is 2. The SMILES string of the molecule is CCC(C)NC(=O)c1ccccc1NC(=O)C1CCN(S(=O)(=O)Cc2cccc(C)c2)CC1. The van der Waals surface area contributed by atoms with E-state index in [2.05, 4.69) is 10.6 Å². The molecule has 1 atom stereocenters. The second kappa shape index (κ2) is 10.9. The molecule has 1 aliphatic rings. The minimum atomic E-state index is -3.44. The molecule has 2 amide bonds. The molecule has 1 saturated heterocycles. The Kier molecular flexibility index (Phi) is 8.26. The average Bonchev–Trinajstić information content (AvgIpc) is 2.79. The van der Waals surface area contributed by atoms with Crippen LogP contribution in [-0.4, -0.2) is 43.7 Å². The fraction of sp³-hybridized carbons (Fsp3) is 0.440. The Hall–Kier alpha value is -2.71. The van der Waals surface area contributed by atoms with Gasteiger partial charge in [-0.1, -0.05) is 48.9 Å². The van der Waals surface area contributed by atoms with Gasteiger partial charge in [0.05, 0.1) is 17.0 Å². The summed E-state index contributed by atoms with van der Waals surface area (Å²) in [4.78, 5) is 25.5. The molecule has 1 heterocycles. The van der Waals surface area contributed by atoms with E-state index in [4.69, 9.17) is 0 Å². The van der Waals surface area contributed by atoms with Gasteiger partial charge in [-0.15, -0.1) is 0 Å². The van der Waals surface area contributed by atoms with Crippen LogP contribution >= 0.6 is 0 Å². The van der Waals surface area contributed by atoms with Crippen LogP contribution in [0.4, 0.5) is 5.69 Å². The molecule has 0 saturated carbocycles. The van der Waals surface area contributed by atoms with Gasteiger partial charge in [0.1, 0.15) is 0 Å². The van der Waals surface area contributed by atoms with Crippen LogP contribution in [-0.2, 0) is 20.6 Å². The molecule has 3 rings (SSSR count). The Balaban J connectivity index is 1.59. The van der Waals surface area contributed by atoms with Gasteiger partial charge in [-0.2, -0.15) is 0 Å². The molecule has 178 valence electrons. The Bertz CT molecular complexity index is 1090. The number of para-hydroxylation sites is 1. The van der Waals surface area contributed by atoms with Crippen molar-refractivity contribution >= 4 is 27.5 Å². The second-order valence-electron chi connectivity index (χ2n) is 8.74. The van der Waals surface area contributed by atoms with Gasteiger partial charge in [0.2, 0.25) is 15.9 Å². The number of aryl methyl sites for hydroxylation is 1. The molecule has 0 aromatic heterocycles. The lowest BCUT2D eigenvalue weighted by Gasteiger charge is -2.30. The van der Waals surface area contributed by atoms with Gasteiger partial charge in [0.25, 0.3) is 5.91 Å². The molecule has 0 spiro atoms. The first-order valence-electron chi connectivity index (χ1n) is 11.4. The van der Waals surface area contributed by atoms with Crippen molar-refractivity contribution in [1.29, 1.82) is 0 Å². The molecule has 2 aromatic rings. The van der Waals surface area contributed by atoms with Gasteiger partial charge in [-0.3, -0.25) is 9.59 Å². The normalized spacial score (nSPS) is 16.2. The molecular weight excluding hydrogens is 438 g/mol. The summed E-state index contributed by atoms with van der Waals surface area (Å²) >= 11 is 0. The Labute approximate surface area is 196 Å². The number of rotatable bonds is 8. The third-order valence-electron chi connectivity index (χ3n) is 6.07. The fourth-order valence-corrected chi connectivity index (χ4v) is 5.48. The van der Waals surface area contributed by atoms with Gasteiger partial charge < -0.3 is 10.6 Å². The van der Waals surface area contributed by atoms with E-state index >= 15 is 0 Å². The average molecular weight is 472 g/mol. The van der Waals surface area contributed by atoms with Gasteiger partial charge in [-0.25, -0.2) is 12.7 Å². The first-order valence-corrected chi connectivity index (χ1v) is 13.0. The molecular formula is C25H33N3O4S. The number of hydrogen-bond acceptors (Lipinski definition) is 4. The molecule has 2 N–H and O–H groups in total. The summed E-state index contributed by atoms with van der Waals surface area (Å²) < 4.78 is 27.2. The largest absolute Gasteiger partial charge is 0.350 e. The van der Waals surface area contributed by atoms with E-state index in [-0.39, 0.29) is 29.5 Å². The van der Waals surface area contributed by atoms with Crippen molar-refractivity contribution in [2.24, 2.45) is 5.92 Å². The molecule has 1 aliphatic heterocycles. The van der Waals surface area contributed by atoms with E-state index in [1.165, 1.54) is 4.31 Å². The lowest BCUT2D eigenvalue weighted by atomic mass is 9.97. The van der Waals surface area contributed by atoms with Crippen LogP contribution in [0.3, 0.4) is 0 Å². The Morgan fingerprint density at radius 2 is 1.79 bits per heavy atom. The van der Waals surface area contributed by atoms with Crippen LogP contribution in [0.1, 0.15) is 54.6 Å². The van der Waals surface area contributed by atoms with Crippen LogP contribution in [0.2, 0.25) is 0 Å². The molecule has 8 heteroatoms. The van der Waals surface area contributed by atoms with Gasteiger partial charge in [-0.05, 0) is 50.8 Å². The zero-order valence-corrected chi connectivity index (χ0v) is 20.3. The molecule has 0 radical (unpaired) electrons. The number of carbonyl (C=O) groups excluding carboxylic acids is 2. The number of anilines is 1. The number of amides is 2. The van der Waals surface area contributed by atoms with E-state index in [0.29, 0.717) is 37.2 Å². The zero-order valence-electron chi connectivity index (χ0n) is 19.5. The first kappa shape index (κ1) is 24.9. The van der Waals surface area contributed by atoms with Crippen LogP contribution in [0.5, 0.6) is 0 Å². The number of piperidine rings is 1. The lowest BCUT2D eigenvalue weighted by Crippen LogP contribution is -2.42. The smallest absolute Gasteiger partial charge is 0.253 e. The third-order valence-corrected chi connectivity index (χ3v) is 7.92. The molecule has 0 aliphatic carbocycles. The van der Waals surface area contributed by atoms with Crippen molar-refractivity contribution in [3.63, 3.8) is 0 Å². The number of sulfonamides is 1. The summed E-state index contributed by atoms with van der Waals surface area (Å²) in [5.41, 5.74) is 2.68. The number of carbonyl (C=O) groups is 2. The summed E-state index contributed by atoms with van der Waals surface area (Å²) in [5.74, 6) is -0.752. The van der Waals surface area contributed by atoms with E-state index in [1.807, 2.05) is 45.0 Å². The van der Waals surface area contributed by atoms with Crippen LogP contribution in [0.15, 0.2) is 48.5 Å². The number of benzene rings is 2. The fourth-order valence-electron chi connectivity index (χ4n) is 3.93. The van der Waals surface area contributed by atoms with Crippen molar-refractivity contribution in [2.45, 2.75) is 51.8 Å². The summed E-state index contributed by atoms with van der Waals surface area (Å²) in [6.07, 6.45) is 1.70. The lowest BCUT2D eigenvalue weighted by molar-refractivity contribution is -0.120. The maximum absolute atomic E-state index is 12.9. The van der Waals surface area contributed by atoms with E-state index in [1.54, 1.807) is 24.3 Å². The topological polar surface area (TPSA) is 95.6 Å². The van der Waals surface area contributed by atoms with Crippen molar-refractivity contribution in [1.82, 2.24) is 9.62 Å². The second-order valence-corrected chi connectivity index (χ2v) is 10.7. The molecule has 33 heavy (non-hydrogen) atoms. The van der Waals surface area contributed by atoms with Crippen molar-refractivity contribution < 1.29 is 18.0 Å². The summed E-state index contributed by atoms with van der Waals surface area (Å²) in [6.45, 7) is 6.48. The predicted molar refractivity (Wildman–Crippen MR) is 130 cm³/mol.